The molecule has 3 aromatic carbocycles. The number of hydrogen-bond acceptors (Lipinski definition) is 10. The molecule has 2 heterocycles. The molecule has 0 aliphatic carbocycles. The van der Waals surface area contributed by atoms with Crippen LogP contribution in [0.15, 0.2) is 60.8 Å². The quantitative estimate of drug-likeness (QED) is 0.173. The first-order valence-corrected chi connectivity index (χ1v) is 16.6. The molecule has 2 N–H and O–H groups in total. The van der Waals surface area contributed by atoms with Crippen molar-refractivity contribution in [2.45, 2.75) is 27.7 Å². The SMILES string of the molecule is CCN(CC)C(=O)COc1ccc(Oc2nc(Nc3ccc(N4CCN(C)CC4)c(F)c3)ncc2C(=O)Nc2c(C)cccc2C)c(OC)c1. The molecule has 264 valence electrons. The highest BCUT2D eigenvalue weighted by molar-refractivity contribution is 6.06. The van der Waals surface area contributed by atoms with Gasteiger partial charge in [0.25, 0.3) is 11.8 Å². The van der Waals surface area contributed by atoms with Crippen molar-refractivity contribution in [2.24, 2.45) is 0 Å². The Morgan fingerprint density at radius 3 is 2.34 bits per heavy atom. The molecule has 12 nitrogen and oxygen atoms in total. The van der Waals surface area contributed by atoms with Crippen molar-refractivity contribution < 1.29 is 28.2 Å². The predicted molar refractivity (Wildman–Crippen MR) is 192 cm³/mol. The number of likely N-dealkylation sites (N-methyl/N-ethyl adjacent to an activating group) is 2. The minimum Gasteiger partial charge on any atom is -0.493 e. The zero-order valence-electron chi connectivity index (χ0n) is 29.4. The fraction of sp³-hybridized carbons (Fsp3) is 0.351. The number of rotatable bonds is 13. The molecule has 0 radical (unpaired) electrons. The van der Waals surface area contributed by atoms with Gasteiger partial charge in [0.1, 0.15) is 17.1 Å². The summed E-state index contributed by atoms with van der Waals surface area (Å²) in [5, 5.41) is 6.00. The highest BCUT2D eigenvalue weighted by Crippen LogP contribution is 2.36. The first-order valence-electron chi connectivity index (χ1n) is 16.6. The van der Waals surface area contributed by atoms with Gasteiger partial charge in [0.2, 0.25) is 11.8 Å². The fourth-order valence-electron chi connectivity index (χ4n) is 5.61. The Balaban J connectivity index is 1.42. The molecular weight excluding hydrogens is 641 g/mol. The Bertz CT molecular complexity index is 1810. The van der Waals surface area contributed by atoms with Gasteiger partial charge in [-0.1, -0.05) is 18.2 Å². The maximum absolute atomic E-state index is 15.3. The Kier molecular flexibility index (Phi) is 11.7. The summed E-state index contributed by atoms with van der Waals surface area (Å²) in [7, 11) is 3.52. The summed E-state index contributed by atoms with van der Waals surface area (Å²) in [6.07, 6.45) is 1.35. The summed E-state index contributed by atoms with van der Waals surface area (Å²) in [5.41, 5.74) is 3.46. The van der Waals surface area contributed by atoms with E-state index >= 15 is 4.39 Å². The normalized spacial score (nSPS) is 13.1. The van der Waals surface area contributed by atoms with E-state index in [1.54, 1.807) is 35.2 Å². The molecule has 0 unspecified atom stereocenters. The molecule has 1 aliphatic rings. The van der Waals surface area contributed by atoms with E-state index in [0.29, 0.717) is 35.9 Å². The number of benzene rings is 3. The van der Waals surface area contributed by atoms with E-state index in [1.807, 2.05) is 50.8 Å². The molecular formula is C37H44FN7O5. The first-order chi connectivity index (χ1) is 24.1. The lowest BCUT2D eigenvalue weighted by Crippen LogP contribution is -2.44. The van der Waals surface area contributed by atoms with Gasteiger partial charge in [0.15, 0.2) is 18.1 Å². The van der Waals surface area contributed by atoms with E-state index in [2.05, 4.69) is 32.5 Å². The number of amides is 2. The number of piperazine rings is 1. The zero-order valence-corrected chi connectivity index (χ0v) is 29.4. The monoisotopic (exact) mass is 685 g/mol. The number of anilines is 4. The third-order valence-electron chi connectivity index (χ3n) is 8.59. The van der Waals surface area contributed by atoms with E-state index in [1.165, 1.54) is 19.4 Å². The maximum Gasteiger partial charge on any atom is 0.262 e. The summed E-state index contributed by atoms with van der Waals surface area (Å²) >= 11 is 0. The molecule has 4 aromatic rings. The van der Waals surface area contributed by atoms with Gasteiger partial charge in [0, 0.05) is 62.9 Å². The van der Waals surface area contributed by atoms with E-state index in [4.69, 9.17) is 14.2 Å². The van der Waals surface area contributed by atoms with Crippen LogP contribution in [0.4, 0.5) is 27.4 Å². The molecule has 1 saturated heterocycles. The van der Waals surface area contributed by atoms with Crippen molar-refractivity contribution in [1.82, 2.24) is 19.8 Å². The van der Waals surface area contributed by atoms with Gasteiger partial charge < -0.3 is 39.5 Å². The van der Waals surface area contributed by atoms with Gasteiger partial charge in [0.05, 0.1) is 12.8 Å². The first kappa shape index (κ1) is 35.9. The number of carbonyl (C=O) groups is 2. The van der Waals surface area contributed by atoms with Gasteiger partial charge >= 0.3 is 0 Å². The van der Waals surface area contributed by atoms with Crippen LogP contribution in [0, 0.1) is 19.7 Å². The van der Waals surface area contributed by atoms with Gasteiger partial charge in [-0.15, -0.1) is 0 Å². The highest BCUT2D eigenvalue weighted by Gasteiger charge is 2.22. The van der Waals surface area contributed by atoms with Gasteiger partial charge in [-0.25, -0.2) is 9.37 Å². The van der Waals surface area contributed by atoms with Crippen LogP contribution in [0.1, 0.15) is 35.3 Å². The number of carbonyl (C=O) groups excluding carboxylic acids is 2. The molecule has 13 heteroatoms. The molecule has 1 aliphatic heterocycles. The summed E-state index contributed by atoms with van der Waals surface area (Å²) in [6.45, 7) is 11.8. The summed E-state index contributed by atoms with van der Waals surface area (Å²) < 4.78 is 32.8. The van der Waals surface area contributed by atoms with Crippen molar-refractivity contribution in [3.05, 3.63) is 83.3 Å². The molecule has 1 aromatic heterocycles. The van der Waals surface area contributed by atoms with Crippen LogP contribution in [0.2, 0.25) is 0 Å². The number of aryl methyl sites for hydroxylation is 2. The predicted octanol–water partition coefficient (Wildman–Crippen LogP) is 6.03. The lowest BCUT2D eigenvalue weighted by Gasteiger charge is -2.34. The van der Waals surface area contributed by atoms with Crippen LogP contribution in [0.3, 0.4) is 0 Å². The lowest BCUT2D eigenvalue weighted by atomic mass is 10.1. The molecule has 50 heavy (non-hydrogen) atoms. The second-order valence-corrected chi connectivity index (χ2v) is 12.0. The largest absolute Gasteiger partial charge is 0.493 e. The Morgan fingerprint density at radius 2 is 1.68 bits per heavy atom. The second-order valence-electron chi connectivity index (χ2n) is 12.0. The summed E-state index contributed by atoms with van der Waals surface area (Å²) in [4.78, 5) is 41.0. The Hall–Kier alpha value is -5.43. The molecule has 0 bridgehead atoms. The van der Waals surface area contributed by atoms with E-state index in [9.17, 15) is 9.59 Å². The number of nitrogens with one attached hydrogen (secondary N) is 2. The lowest BCUT2D eigenvalue weighted by molar-refractivity contribution is -0.132. The summed E-state index contributed by atoms with van der Waals surface area (Å²) in [5.74, 6) is -0.0455. The van der Waals surface area contributed by atoms with Crippen molar-refractivity contribution in [1.29, 1.82) is 0 Å². The van der Waals surface area contributed by atoms with E-state index < -0.39 is 5.91 Å². The molecule has 1 fully saturated rings. The molecule has 0 spiro atoms. The minimum absolute atomic E-state index is 0.0574. The Labute approximate surface area is 292 Å². The van der Waals surface area contributed by atoms with Crippen molar-refractivity contribution in [3.63, 3.8) is 0 Å². The van der Waals surface area contributed by atoms with Crippen LogP contribution in [-0.2, 0) is 4.79 Å². The third kappa shape index (κ3) is 8.58. The zero-order chi connectivity index (χ0) is 35.8. The van der Waals surface area contributed by atoms with Gasteiger partial charge in [-0.2, -0.15) is 4.98 Å². The number of halogens is 1. The average Bonchev–Trinajstić information content (AvgIpc) is 3.10. The smallest absolute Gasteiger partial charge is 0.262 e. The van der Waals surface area contributed by atoms with Crippen LogP contribution in [0.5, 0.6) is 23.1 Å². The van der Waals surface area contributed by atoms with Crippen molar-refractivity contribution in [2.75, 3.05) is 75.6 Å². The highest BCUT2D eigenvalue weighted by atomic mass is 19.1. The standard InChI is InChI=1S/C37H44FN7O5/c1-7-44(8-2)33(46)23-49-27-13-15-31(32(21-27)48-6)50-36-28(35(47)41-34-24(3)10-9-11-25(34)4)22-39-37(42-36)40-26-12-14-30(29(38)20-26)45-18-16-43(5)17-19-45/h9-15,20-22H,7-8,16-19,23H2,1-6H3,(H,41,47)(H,39,40,42). The molecule has 5 rings (SSSR count). The second kappa shape index (κ2) is 16.3. The molecule has 0 atom stereocenters. The molecule has 2 amide bonds. The van der Waals surface area contributed by atoms with Crippen molar-refractivity contribution >= 4 is 34.8 Å². The number of hydrogen-bond donors (Lipinski definition) is 2. The minimum atomic E-state index is -0.486. The van der Waals surface area contributed by atoms with Crippen LogP contribution >= 0.6 is 0 Å². The third-order valence-corrected chi connectivity index (χ3v) is 8.59. The number of nitrogens with zero attached hydrogens (tertiary/aromatic N) is 5. The van der Waals surface area contributed by atoms with Crippen LogP contribution in [-0.4, -0.2) is 91.6 Å². The Morgan fingerprint density at radius 1 is 0.960 bits per heavy atom. The van der Waals surface area contributed by atoms with Crippen LogP contribution < -0.4 is 29.7 Å². The van der Waals surface area contributed by atoms with Crippen molar-refractivity contribution in [3.8, 4) is 23.1 Å². The van der Waals surface area contributed by atoms with Gasteiger partial charge in [-0.05, 0) is 76.2 Å². The molecule has 0 saturated carbocycles. The number of para-hydroxylation sites is 1. The van der Waals surface area contributed by atoms with E-state index in [-0.39, 0.29) is 47.2 Å². The topological polar surface area (TPSA) is 121 Å². The fourth-order valence-corrected chi connectivity index (χ4v) is 5.61. The summed E-state index contributed by atoms with van der Waals surface area (Å²) in [6, 6.07) is 15.4. The average molecular weight is 686 g/mol. The van der Waals surface area contributed by atoms with E-state index in [0.717, 1.165) is 37.3 Å². The van der Waals surface area contributed by atoms with Gasteiger partial charge in [-0.3, -0.25) is 9.59 Å². The number of aromatic nitrogens is 2. The van der Waals surface area contributed by atoms with Crippen LogP contribution in [0.25, 0.3) is 0 Å². The number of methoxy groups -OCH3 is 1. The maximum atomic E-state index is 15.3. The number of ether oxygens (including phenoxy) is 3.